The van der Waals surface area contributed by atoms with Crippen LogP contribution in [0.2, 0.25) is 0 Å². The lowest BCUT2D eigenvalue weighted by molar-refractivity contribution is 0.0563. The first-order valence-corrected chi connectivity index (χ1v) is 6.56. The largest absolute Gasteiger partial charge is 0.463 e. The van der Waals surface area contributed by atoms with Crippen LogP contribution in [-0.4, -0.2) is 13.1 Å². The van der Waals surface area contributed by atoms with Crippen LogP contribution >= 0.6 is 0 Å². The Bertz CT molecular complexity index is 572. The van der Waals surface area contributed by atoms with Crippen LogP contribution in [0.5, 0.6) is 0 Å². The molecule has 0 radical (unpaired) electrons. The van der Waals surface area contributed by atoms with Gasteiger partial charge in [0.1, 0.15) is 0 Å². The normalized spacial score (nSPS) is 12.2. The van der Waals surface area contributed by atoms with Crippen molar-refractivity contribution >= 4 is 5.97 Å². The summed E-state index contributed by atoms with van der Waals surface area (Å²) in [5, 5.41) is 3.37. The molecular formula is C16H19NO3. The van der Waals surface area contributed by atoms with Crippen molar-refractivity contribution in [3.63, 3.8) is 0 Å². The van der Waals surface area contributed by atoms with Crippen molar-refractivity contribution in [2.75, 3.05) is 7.11 Å². The Kier molecular flexibility index (Phi) is 4.58. The lowest BCUT2D eigenvalue weighted by Crippen LogP contribution is -2.19. The van der Waals surface area contributed by atoms with Crippen molar-refractivity contribution in [1.29, 1.82) is 0 Å². The fraction of sp³-hybridized carbons (Fsp3) is 0.312. The van der Waals surface area contributed by atoms with Gasteiger partial charge in [-0.15, -0.1) is 0 Å². The van der Waals surface area contributed by atoms with Crippen LogP contribution in [0.25, 0.3) is 0 Å². The van der Waals surface area contributed by atoms with Gasteiger partial charge in [0.25, 0.3) is 0 Å². The van der Waals surface area contributed by atoms with E-state index in [1.54, 1.807) is 6.07 Å². The van der Waals surface area contributed by atoms with Gasteiger partial charge in [-0.3, -0.25) is 0 Å². The molecule has 0 saturated heterocycles. The molecular weight excluding hydrogens is 254 g/mol. The molecule has 1 atom stereocenters. The fourth-order valence-corrected chi connectivity index (χ4v) is 1.98. The van der Waals surface area contributed by atoms with E-state index >= 15 is 0 Å². The standard InChI is InChI=1S/C16H19NO3/c1-11-4-6-13(7-5-11)12(2)17-10-14-8-9-20-15(14)16(18)19-3/h4-9,12,17H,10H2,1-3H3/t12-/m1/s1. The number of esters is 1. The molecule has 0 amide bonds. The zero-order chi connectivity index (χ0) is 14.5. The van der Waals surface area contributed by atoms with E-state index < -0.39 is 5.97 Å². The Labute approximate surface area is 118 Å². The molecule has 0 spiro atoms. The minimum absolute atomic E-state index is 0.191. The van der Waals surface area contributed by atoms with Crippen molar-refractivity contribution in [2.24, 2.45) is 0 Å². The van der Waals surface area contributed by atoms with Gasteiger partial charge in [0.15, 0.2) is 0 Å². The van der Waals surface area contributed by atoms with E-state index in [0.29, 0.717) is 6.54 Å². The maximum absolute atomic E-state index is 11.5. The molecule has 0 aliphatic heterocycles. The molecule has 1 N–H and O–H groups in total. The number of aryl methyl sites for hydroxylation is 1. The molecule has 0 fully saturated rings. The first-order valence-electron chi connectivity index (χ1n) is 6.56. The van der Waals surface area contributed by atoms with Crippen LogP contribution in [-0.2, 0) is 11.3 Å². The number of furan rings is 1. The van der Waals surface area contributed by atoms with E-state index in [9.17, 15) is 4.79 Å². The van der Waals surface area contributed by atoms with Gasteiger partial charge in [-0.25, -0.2) is 4.79 Å². The molecule has 4 heteroatoms. The average molecular weight is 273 g/mol. The molecule has 2 rings (SSSR count). The zero-order valence-corrected chi connectivity index (χ0v) is 12.0. The van der Waals surface area contributed by atoms with Crippen LogP contribution < -0.4 is 5.32 Å². The molecule has 0 aliphatic rings. The second-order valence-corrected chi connectivity index (χ2v) is 4.78. The summed E-state index contributed by atoms with van der Waals surface area (Å²) < 4.78 is 9.84. The van der Waals surface area contributed by atoms with Crippen LogP contribution in [0.4, 0.5) is 0 Å². The van der Waals surface area contributed by atoms with Crippen LogP contribution in [0.3, 0.4) is 0 Å². The van der Waals surface area contributed by atoms with E-state index in [1.807, 2.05) is 0 Å². The third kappa shape index (κ3) is 3.27. The molecule has 20 heavy (non-hydrogen) atoms. The lowest BCUT2D eigenvalue weighted by atomic mass is 10.1. The van der Waals surface area contributed by atoms with Gasteiger partial charge >= 0.3 is 5.97 Å². The Morgan fingerprint density at radius 1 is 1.30 bits per heavy atom. The van der Waals surface area contributed by atoms with Crippen molar-refractivity contribution in [2.45, 2.75) is 26.4 Å². The van der Waals surface area contributed by atoms with Gasteiger partial charge in [-0.1, -0.05) is 29.8 Å². The van der Waals surface area contributed by atoms with E-state index in [1.165, 1.54) is 24.5 Å². The number of methoxy groups -OCH3 is 1. The van der Waals surface area contributed by atoms with Crippen molar-refractivity contribution < 1.29 is 13.9 Å². The third-order valence-corrected chi connectivity index (χ3v) is 3.29. The zero-order valence-electron chi connectivity index (χ0n) is 12.0. The average Bonchev–Trinajstić information content (AvgIpc) is 2.93. The van der Waals surface area contributed by atoms with Crippen molar-refractivity contribution in [1.82, 2.24) is 5.32 Å². The molecule has 0 saturated carbocycles. The number of benzene rings is 1. The highest BCUT2D eigenvalue weighted by Crippen LogP contribution is 2.16. The highest BCUT2D eigenvalue weighted by atomic mass is 16.5. The maximum Gasteiger partial charge on any atom is 0.374 e. The van der Waals surface area contributed by atoms with Gasteiger partial charge in [0.05, 0.1) is 13.4 Å². The molecule has 106 valence electrons. The Hall–Kier alpha value is -2.07. The van der Waals surface area contributed by atoms with E-state index in [4.69, 9.17) is 4.42 Å². The maximum atomic E-state index is 11.5. The minimum Gasteiger partial charge on any atom is -0.463 e. The predicted octanol–water partition coefficient (Wildman–Crippen LogP) is 3.23. The summed E-state index contributed by atoms with van der Waals surface area (Å²) in [5.74, 6) is -0.189. The summed E-state index contributed by atoms with van der Waals surface area (Å²) in [7, 11) is 1.34. The Balaban J connectivity index is 2.00. The Morgan fingerprint density at radius 2 is 2.00 bits per heavy atom. The molecule has 1 aromatic carbocycles. The molecule has 0 unspecified atom stereocenters. The minimum atomic E-state index is -0.449. The second kappa shape index (κ2) is 6.39. The quantitative estimate of drug-likeness (QED) is 0.850. The van der Waals surface area contributed by atoms with E-state index in [0.717, 1.165) is 5.56 Å². The van der Waals surface area contributed by atoms with Crippen LogP contribution in [0.1, 0.15) is 40.2 Å². The van der Waals surface area contributed by atoms with Gasteiger partial charge in [0, 0.05) is 18.2 Å². The third-order valence-electron chi connectivity index (χ3n) is 3.29. The molecule has 1 aromatic heterocycles. The summed E-state index contributed by atoms with van der Waals surface area (Å²) in [4.78, 5) is 11.5. The van der Waals surface area contributed by atoms with E-state index in [2.05, 4.69) is 48.2 Å². The second-order valence-electron chi connectivity index (χ2n) is 4.78. The monoisotopic (exact) mass is 273 g/mol. The first kappa shape index (κ1) is 14.3. The summed E-state index contributed by atoms with van der Waals surface area (Å²) in [5.41, 5.74) is 3.25. The number of hydrogen-bond donors (Lipinski definition) is 1. The molecule has 2 aromatic rings. The number of hydrogen-bond acceptors (Lipinski definition) is 4. The number of carbonyl (C=O) groups excluding carboxylic acids is 1. The fourth-order valence-electron chi connectivity index (χ4n) is 1.98. The lowest BCUT2D eigenvalue weighted by Gasteiger charge is -2.14. The van der Waals surface area contributed by atoms with E-state index in [-0.39, 0.29) is 11.8 Å². The number of carbonyl (C=O) groups is 1. The van der Waals surface area contributed by atoms with Crippen molar-refractivity contribution in [3.05, 3.63) is 59.0 Å². The van der Waals surface area contributed by atoms with Gasteiger partial charge in [-0.2, -0.15) is 0 Å². The highest BCUT2D eigenvalue weighted by Gasteiger charge is 2.16. The van der Waals surface area contributed by atoms with Gasteiger partial charge in [-0.05, 0) is 25.5 Å². The molecule has 4 nitrogen and oxygen atoms in total. The SMILES string of the molecule is COC(=O)c1occc1CN[C@H](C)c1ccc(C)cc1. The Morgan fingerprint density at radius 3 is 2.65 bits per heavy atom. The van der Waals surface area contributed by atoms with Crippen LogP contribution in [0.15, 0.2) is 41.0 Å². The predicted molar refractivity (Wildman–Crippen MR) is 76.5 cm³/mol. The van der Waals surface area contributed by atoms with Gasteiger partial charge in [0.2, 0.25) is 5.76 Å². The topological polar surface area (TPSA) is 51.5 Å². The number of nitrogens with one attached hydrogen (secondary N) is 1. The summed E-state index contributed by atoms with van der Waals surface area (Å²) >= 11 is 0. The number of rotatable bonds is 5. The smallest absolute Gasteiger partial charge is 0.374 e. The van der Waals surface area contributed by atoms with Crippen molar-refractivity contribution in [3.8, 4) is 0 Å². The summed E-state index contributed by atoms with van der Waals surface area (Å²) in [6, 6.07) is 10.3. The molecule has 1 heterocycles. The molecule has 0 aliphatic carbocycles. The molecule has 0 bridgehead atoms. The number of ether oxygens (including phenoxy) is 1. The first-order chi connectivity index (χ1) is 9.61. The summed E-state index contributed by atoms with van der Waals surface area (Å²) in [6.45, 7) is 4.70. The summed E-state index contributed by atoms with van der Waals surface area (Å²) in [6.07, 6.45) is 1.50. The van der Waals surface area contributed by atoms with Gasteiger partial charge < -0.3 is 14.5 Å². The highest BCUT2D eigenvalue weighted by molar-refractivity contribution is 5.87. The van der Waals surface area contributed by atoms with Crippen LogP contribution in [0, 0.1) is 6.92 Å².